The Morgan fingerprint density at radius 1 is 1.59 bits per heavy atom. The highest BCUT2D eigenvalue weighted by atomic mass is 32.1. The van der Waals surface area contributed by atoms with E-state index in [1.54, 1.807) is 0 Å². The first-order chi connectivity index (χ1) is 8.16. The monoisotopic (exact) mass is 254 g/mol. The molecular weight excluding hydrogens is 240 g/mol. The summed E-state index contributed by atoms with van der Waals surface area (Å²) in [5, 5.41) is 14.8. The molecule has 0 saturated carbocycles. The van der Waals surface area contributed by atoms with Crippen LogP contribution in [0.15, 0.2) is 6.33 Å². The van der Waals surface area contributed by atoms with Gasteiger partial charge in [-0.15, -0.1) is 15.3 Å². The smallest absolute Gasteiger partial charge is 0.282 e. The molecule has 0 atom stereocenters. The summed E-state index contributed by atoms with van der Waals surface area (Å²) >= 11 is 1.23. The molecule has 0 unspecified atom stereocenters. The molecular formula is C9H14N6OS. The molecule has 1 N–H and O–H groups in total. The van der Waals surface area contributed by atoms with Crippen molar-refractivity contribution in [3.63, 3.8) is 0 Å². The molecule has 0 saturated heterocycles. The van der Waals surface area contributed by atoms with Gasteiger partial charge in [-0.2, -0.15) is 4.52 Å². The number of nitrogens with zero attached hydrogens (tertiary/aromatic N) is 5. The number of nitrogens with one attached hydrogen (secondary N) is 1. The van der Waals surface area contributed by atoms with Crippen LogP contribution < -0.4 is 5.32 Å². The minimum absolute atomic E-state index is 0.153. The van der Waals surface area contributed by atoms with Crippen LogP contribution in [0.4, 0.5) is 0 Å². The fourth-order valence-corrected chi connectivity index (χ4v) is 2.06. The van der Waals surface area contributed by atoms with Crippen molar-refractivity contribution >= 4 is 22.2 Å². The fraction of sp³-hybridized carbons (Fsp3) is 0.556. The standard InChI is InChI=1S/C9H14N6OS/c1-14(2)5-3-4-10-7(16)8-13-15-6-11-12-9(15)17-8/h6H,3-5H2,1-2H3,(H,10,16). The number of amides is 1. The molecule has 2 rings (SSSR count). The first-order valence-electron chi connectivity index (χ1n) is 5.26. The van der Waals surface area contributed by atoms with Crippen molar-refractivity contribution in [2.45, 2.75) is 6.42 Å². The third kappa shape index (κ3) is 2.98. The Morgan fingerprint density at radius 3 is 3.12 bits per heavy atom. The summed E-state index contributed by atoms with van der Waals surface area (Å²) < 4.78 is 1.50. The van der Waals surface area contributed by atoms with E-state index in [-0.39, 0.29) is 5.91 Å². The van der Waals surface area contributed by atoms with Gasteiger partial charge in [-0.05, 0) is 27.1 Å². The zero-order valence-corrected chi connectivity index (χ0v) is 10.6. The molecule has 7 nitrogen and oxygen atoms in total. The highest BCUT2D eigenvalue weighted by Gasteiger charge is 2.12. The number of hydrogen-bond acceptors (Lipinski definition) is 6. The largest absolute Gasteiger partial charge is 0.350 e. The second kappa shape index (κ2) is 5.19. The van der Waals surface area contributed by atoms with E-state index >= 15 is 0 Å². The maximum atomic E-state index is 11.7. The highest BCUT2D eigenvalue weighted by molar-refractivity contribution is 7.18. The van der Waals surface area contributed by atoms with Crippen LogP contribution in [0.1, 0.15) is 16.2 Å². The number of fused-ring (bicyclic) bond motifs is 1. The number of carbonyl (C=O) groups excluding carboxylic acids is 1. The van der Waals surface area contributed by atoms with Crippen molar-refractivity contribution in [3.8, 4) is 0 Å². The summed E-state index contributed by atoms with van der Waals surface area (Å²) in [6.07, 6.45) is 2.40. The SMILES string of the molecule is CN(C)CCCNC(=O)c1nn2cnnc2s1. The van der Waals surface area contributed by atoms with Gasteiger partial charge < -0.3 is 10.2 Å². The van der Waals surface area contributed by atoms with Crippen LogP contribution in [0.5, 0.6) is 0 Å². The molecule has 2 heterocycles. The molecule has 0 aliphatic heterocycles. The summed E-state index contributed by atoms with van der Waals surface area (Å²) in [4.78, 5) is 14.4. The van der Waals surface area contributed by atoms with Gasteiger partial charge >= 0.3 is 0 Å². The van der Waals surface area contributed by atoms with Crippen molar-refractivity contribution in [2.75, 3.05) is 27.2 Å². The van der Waals surface area contributed by atoms with E-state index in [1.807, 2.05) is 14.1 Å². The molecule has 0 spiro atoms. The van der Waals surface area contributed by atoms with E-state index in [4.69, 9.17) is 0 Å². The minimum atomic E-state index is -0.153. The number of aromatic nitrogens is 4. The Hall–Kier alpha value is -1.54. The van der Waals surface area contributed by atoms with Crippen molar-refractivity contribution in [1.29, 1.82) is 0 Å². The average Bonchev–Trinajstić information content (AvgIpc) is 2.83. The quantitative estimate of drug-likeness (QED) is 0.752. The fourth-order valence-electron chi connectivity index (χ4n) is 1.32. The summed E-state index contributed by atoms with van der Waals surface area (Å²) in [5.41, 5.74) is 0. The van der Waals surface area contributed by atoms with Gasteiger partial charge in [0.2, 0.25) is 9.97 Å². The molecule has 0 radical (unpaired) electrons. The predicted octanol–water partition coefficient (Wildman–Crippen LogP) is -0.133. The zero-order chi connectivity index (χ0) is 12.3. The van der Waals surface area contributed by atoms with E-state index < -0.39 is 0 Å². The Labute approximate surface area is 102 Å². The highest BCUT2D eigenvalue weighted by Crippen LogP contribution is 2.10. The first-order valence-corrected chi connectivity index (χ1v) is 6.08. The molecule has 92 valence electrons. The zero-order valence-electron chi connectivity index (χ0n) is 9.75. The van der Waals surface area contributed by atoms with E-state index in [0.29, 0.717) is 16.5 Å². The van der Waals surface area contributed by atoms with Gasteiger partial charge in [0.15, 0.2) is 0 Å². The van der Waals surface area contributed by atoms with Gasteiger partial charge in [0.25, 0.3) is 5.91 Å². The van der Waals surface area contributed by atoms with Crippen molar-refractivity contribution in [3.05, 3.63) is 11.3 Å². The van der Waals surface area contributed by atoms with Crippen LogP contribution in [0.3, 0.4) is 0 Å². The molecule has 0 aromatic carbocycles. The van der Waals surface area contributed by atoms with E-state index in [0.717, 1.165) is 13.0 Å². The Balaban J connectivity index is 1.85. The van der Waals surface area contributed by atoms with Gasteiger partial charge in [0.05, 0.1) is 0 Å². The summed E-state index contributed by atoms with van der Waals surface area (Å²) in [5.74, 6) is -0.153. The molecule has 0 aliphatic carbocycles. The number of carbonyl (C=O) groups is 1. The summed E-state index contributed by atoms with van der Waals surface area (Å²) in [6, 6.07) is 0. The molecule has 0 bridgehead atoms. The summed E-state index contributed by atoms with van der Waals surface area (Å²) in [7, 11) is 4.01. The summed E-state index contributed by atoms with van der Waals surface area (Å²) in [6.45, 7) is 1.60. The second-order valence-electron chi connectivity index (χ2n) is 3.88. The molecule has 0 fully saturated rings. The van der Waals surface area contributed by atoms with Crippen LogP contribution in [-0.4, -0.2) is 57.8 Å². The van der Waals surface area contributed by atoms with Gasteiger partial charge in [-0.3, -0.25) is 4.79 Å². The lowest BCUT2D eigenvalue weighted by atomic mass is 10.4. The van der Waals surface area contributed by atoms with Gasteiger partial charge in [0, 0.05) is 6.54 Å². The molecule has 0 aliphatic rings. The van der Waals surface area contributed by atoms with Crippen molar-refractivity contribution < 1.29 is 4.79 Å². The normalized spacial score (nSPS) is 11.2. The van der Waals surface area contributed by atoms with Crippen LogP contribution in [0.25, 0.3) is 4.96 Å². The van der Waals surface area contributed by atoms with Gasteiger partial charge in [0.1, 0.15) is 6.33 Å². The van der Waals surface area contributed by atoms with Crippen LogP contribution >= 0.6 is 11.3 Å². The first kappa shape index (κ1) is 11.9. The topological polar surface area (TPSA) is 75.4 Å². The molecule has 2 aromatic heterocycles. The third-order valence-electron chi connectivity index (χ3n) is 2.15. The van der Waals surface area contributed by atoms with Crippen molar-refractivity contribution in [1.82, 2.24) is 30.0 Å². The molecule has 17 heavy (non-hydrogen) atoms. The number of rotatable bonds is 5. The van der Waals surface area contributed by atoms with Crippen LogP contribution in [0.2, 0.25) is 0 Å². The maximum absolute atomic E-state index is 11.7. The van der Waals surface area contributed by atoms with E-state index in [1.165, 1.54) is 22.2 Å². The van der Waals surface area contributed by atoms with Gasteiger partial charge in [-0.1, -0.05) is 11.3 Å². The van der Waals surface area contributed by atoms with Crippen LogP contribution in [-0.2, 0) is 0 Å². The molecule has 8 heteroatoms. The van der Waals surface area contributed by atoms with E-state index in [2.05, 4.69) is 25.5 Å². The predicted molar refractivity (Wildman–Crippen MR) is 64.2 cm³/mol. The lowest BCUT2D eigenvalue weighted by molar-refractivity contribution is 0.0951. The van der Waals surface area contributed by atoms with Crippen molar-refractivity contribution in [2.24, 2.45) is 0 Å². The minimum Gasteiger partial charge on any atom is -0.350 e. The Bertz CT molecular complexity index is 476. The Kier molecular flexibility index (Phi) is 3.64. The number of hydrogen-bond donors (Lipinski definition) is 1. The molecule has 2 aromatic rings. The van der Waals surface area contributed by atoms with Crippen LogP contribution in [0, 0.1) is 0 Å². The van der Waals surface area contributed by atoms with E-state index in [9.17, 15) is 4.79 Å². The lowest BCUT2D eigenvalue weighted by Crippen LogP contribution is -2.27. The molecule has 1 amide bonds. The average molecular weight is 254 g/mol. The van der Waals surface area contributed by atoms with Gasteiger partial charge in [-0.25, -0.2) is 0 Å². The lowest BCUT2D eigenvalue weighted by Gasteiger charge is -2.08. The second-order valence-corrected chi connectivity index (χ2v) is 4.83. The third-order valence-corrected chi connectivity index (χ3v) is 3.06. The Morgan fingerprint density at radius 2 is 2.41 bits per heavy atom. The maximum Gasteiger partial charge on any atom is 0.282 e.